The predicted octanol–water partition coefficient (Wildman–Crippen LogP) is 4.53. The van der Waals surface area contributed by atoms with Crippen LogP contribution in [0.25, 0.3) is 0 Å². The van der Waals surface area contributed by atoms with E-state index in [-0.39, 0.29) is 0 Å². The third kappa shape index (κ3) is 1.90. The highest BCUT2D eigenvalue weighted by Crippen LogP contribution is 2.65. The van der Waals surface area contributed by atoms with Crippen molar-refractivity contribution in [3.63, 3.8) is 0 Å². The van der Waals surface area contributed by atoms with Crippen LogP contribution in [0.5, 0.6) is 0 Å². The van der Waals surface area contributed by atoms with Gasteiger partial charge in [-0.1, -0.05) is 51.6 Å². The first-order valence-corrected chi connectivity index (χ1v) is 8.93. The zero-order valence-electron chi connectivity index (χ0n) is 14.5. The van der Waals surface area contributed by atoms with Crippen LogP contribution in [0.1, 0.15) is 38.8 Å². The van der Waals surface area contributed by atoms with Gasteiger partial charge in [-0.25, -0.2) is 0 Å². The number of fused-ring (bicyclic) bond motifs is 2. The van der Waals surface area contributed by atoms with Gasteiger partial charge < -0.3 is 4.90 Å². The van der Waals surface area contributed by atoms with Crippen LogP contribution in [0.15, 0.2) is 36.5 Å². The lowest BCUT2D eigenvalue weighted by atomic mass is 9.87. The Morgan fingerprint density at radius 1 is 1.23 bits per heavy atom. The van der Waals surface area contributed by atoms with Gasteiger partial charge in [0, 0.05) is 18.3 Å². The number of benzene rings is 1. The Balaban J connectivity index is 1.44. The average Bonchev–Trinajstić information content (AvgIpc) is 2.87. The monoisotopic (exact) mass is 295 g/mol. The molecule has 0 bridgehead atoms. The van der Waals surface area contributed by atoms with E-state index in [4.69, 9.17) is 0 Å². The Morgan fingerprint density at radius 2 is 1.82 bits per heavy atom. The van der Waals surface area contributed by atoms with Gasteiger partial charge >= 0.3 is 0 Å². The summed E-state index contributed by atoms with van der Waals surface area (Å²) in [6.07, 6.45) is 2.47. The fourth-order valence-electron chi connectivity index (χ4n) is 5.52. The molecule has 1 saturated carbocycles. The molecule has 0 radical (unpaired) electrons. The van der Waals surface area contributed by atoms with Gasteiger partial charge in [0.2, 0.25) is 0 Å². The first kappa shape index (κ1) is 14.4. The lowest BCUT2D eigenvalue weighted by Gasteiger charge is -2.36. The normalized spacial score (nSPS) is 33.5. The molecule has 1 aliphatic heterocycles. The first-order valence-electron chi connectivity index (χ1n) is 8.93. The van der Waals surface area contributed by atoms with E-state index in [1.54, 1.807) is 11.1 Å². The molecule has 1 heteroatoms. The highest BCUT2D eigenvalue weighted by Gasteiger charge is 2.65. The van der Waals surface area contributed by atoms with Crippen molar-refractivity contribution in [2.24, 2.45) is 29.1 Å². The van der Waals surface area contributed by atoms with Crippen LogP contribution in [0, 0.1) is 29.1 Å². The van der Waals surface area contributed by atoms with Crippen molar-refractivity contribution >= 4 is 0 Å². The second-order valence-electron chi connectivity index (χ2n) is 8.56. The van der Waals surface area contributed by atoms with E-state index in [2.05, 4.69) is 63.4 Å². The molecule has 1 heterocycles. The smallest absolute Gasteiger partial charge is 0.0295 e. The van der Waals surface area contributed by atoms with Crippen LogP contribution in [0.3, 0.4) is 0 Å². The van der Waals surface area contributed by atoms with Crippen molar-refractivity contribution in [3.05, 3.63) is 47.7 Å². The predicted molar refractivity (Wildman–Crippen MR) is 92.6 cm³/mol. The van der Waals surface area contributed by atoms with Gasteiger partial charge in [0.05, 0.1) is 0 Å². The van der Waals surface area contributed by atoms with E-state index < -0.39 is 0 Å². The van der Waals surface area contributed by atoms with Gasteiger partial charge in [-0.15, -0.1) is 0 Å². The Kier molecular flexibility index (Phi) is 3.02. The van der Waals surface area contributed by atoms with Crippen LogP contribution in [-0.2, 0) is 12.8 Å². The molecule has 1 aromatic carbocycles. The third-order valence-electron chi connectivity index (χ3n) is 7.23. The quantitative estimate of drug-likeness (QED) is 0.792. The molecule has 118 valence electrons. The highest BCUT2D eigenvalue weighted by molar-refractivity contribution is 5.33. The molecule has 0 N–H and O–H groups in total. The summed E-state index contributed by atoms with van der Waals surface area (Å²) in [4.78, 5) is 2.63. The molecule has 4 rings (SSSR count). The zero-order chi connectivity index (χ0) is 15.6. The van der Waals surface area contributed by atoms with Crippen molar-refractivity contribution in [3.8, 4) is 0 Å². The standard InChI is InChI=1S/C21H29N/c1-13(18-10-16-8-6-7-9-17(16)11-18)14(2)22-12-19-20(15(22)3)21(19,4)5/h6-9,13,15,18-20H,2,10-12H2,1,3-5H3. The molecular weight excluding hydrogens is 266 g/mol. The van der Waals surface area contributed by atoms with E-state index in [0.29, 0.717) is 17.4 Å². The first-order chi connectivity index (χ1) is 10.4. The van der Waals surface area contributed by atoms with Crippen LogP contribution < -0.4 is 0 Å². The summed E-state index contributed by atoms with van der Waals surface area (Å²) in [6.45, 7) is 15.5. The summed E-state index contributed by atoms with van der Waals surface area (Å²) < 4.78 is 0. The molecule has 4 unspecified atom stereocenters. The minimum absolute atomic E-state index is 0.572. The molecule has 1 saturated heterocycles. The van der Waals surface area contributed by atoms with E-state index in [1.807, 2.05) is 0 Å². The summed E-state index contributed by atoms with van der Waals surface area (Å²) >= 11 is 0. The fourth-order valence-corrected chi connectivity index (χ4v) is 5.52. The maximum absolute atomic E-state index is 4.52. The largest absolute Gasteiger partial charge is 0.372 e. The lowest BCUT2D eigenvalue weighted by molar-refractivity contribution is 0.207. The summed E-state index contributed by atoms with van der Waals surface area (Å²) in [5.74, 6) is 3.11. The molecule has 4 atom stereocenters. The van der Waals surface area contributed by atoms with Gasteiger partial charge in [-0.3, -0.25) is 0 Å². The minimum Gasteiger partial charge on any atom is -0.372 e. The summed E-state index contributed by atoms with van der Waals surface area (Å²) in [7, 11) is 0. The fraction of sp³-hybridized carbons (Fsp3) is 0.619. The molecule has 0 aromatic heterocycles. The third-order valence-corrected chi connectivity index (χ3v) is 7.23. The number of hydrogen-bond acceptors (Lipinski definition) is 1. The van der Waals surface area contributed by atoms with Crippen molar-refractivity contribution in [2.75, 3.05) is 6.54 Å². The number of piperidine rings is 1. The van der Waals surface area contributed by atoms with Gasteiger partial charge in [-0.05, 0) is 60.0 Å². The van der Waals surface area contributed by atoms with Gasteiger partial charge in [0.15, 0.2) is 0 Å². The zero-order valence-corrected chi connectivity index (χ0v) is 14.5. The van der Waals surface area contributed by atoms with E-state index in [1.165, 1.54) is 25.1 Å². The van der Waals surface area contributed by atoms with Crippen LogP contribution in [0.2, 0.25) is 0 Å². The number of allylic oxidation sites excluding steroid dienone is 1. The average molecular weight is 295 g/mol. The van der Waals surface area contributed by atoms with E-state index >= 15 is 0 Å². The van der Waals surface area contributed by atoms with Gasteiger partial charge in [0.25, 0.3) is 0 Å². The Morgan fingerprint density at radius 3 is 2.32 bits per heavy atom. The summed E-state index contributed by atoms with van der Waals surface area (Å²) in [5, 5.41) is 0. The molecule has 2 fully saturated rings. The maximum Gasteiger partial charge on any atom is 0.0295 e. The molecule has 22 heavy (non-hydrogen) atoms. The highest BCUT2D eigenvalue weighted by atomic mass is 15.2. The molecule has 2 aliphatic carbocycles. The molecule has 0 spiro atoms. The Bertz CT molecular complexity index is 589. The SMILES string of the molecule is C=C(C(C)C1Cc2ccccc2C1)N1CC2C(C1C)C2(C)C. The van der Waals surface area contributed by atoms with Crippen molar-refractivity contribution in [1.29, 1.82) is 0 Å². The van der Waals surface area contributed by atoms with Crippen molar-refractivity contribution in [2.45, 2.75) is 46.6 Å². The second-order valence-corrected chi connectivity index (χ2v) is 8.56. The number of hydrogen-bond donors (Lipinski definition) is 0. The van der Waals surface area contributed by atoms with Gasteiger partial charge in [0.1, 0.15) is 0 Å². The molecule has 1 nitrogen and oxygen atoms in total. The number of rotatable bonds is 3. The molecular formula is C21H29N. The Labute approximate surface area is 135 Å². The molecule has 3 aliphatic rings. The van der Waals surface area contributed by atoms with E-state index in [0.717, 1.165) is 17.8 Å². The van der Waals surface area contributed by atoms with Crippen LogP contribution in [0.4, 0.5) is 0 Å². The van der Waals surface area contributed by atoms with E-state index in [9.17, 15) is 0 Å². The lowest BCUT2D eigenvalue weighted by Crippen LogP contribution is -2.36. The second kappa shape index (κ2) is 4.63. The Hall–Kier alpha value is -1.24. The number of likely N-dealkylation sites (tertiary alicyclic amines) is 1. The van der Waals surface area contributed by atoms with Gasteiger partial charge in [-0.2, -0.15) is 0 Å². The molecule has 1 aromatic rings. The van der Waals surface area contributed by atoms with Crippen LogP contribution in [-0.4, -0.2) is 17.5 Å². The van der Waals surface area contributed by atoms with Crippen molar-refractivity contribution in [1.82, 2.24) is 4.90 Å². The minimum atomic E-state index is 0.572. The molecule has 0 amide bonds. The summed E-state index contributed by atoms with van der Waals surface area (Å²) in [5.41, 5.74) is 5.09. The number of nitrogens with zero attached hydrogens (tertiary/aromatic N) is 1. The maximum atomic E-state index is 4.52. The summed E-state index contributed by atoms with van der Waals surface area (Å²) in [6, 6.07) is 9.65. The van der Waals surface area contributed by atoms with Crippen molar-refractivity contribution < 1.29 is 0 Å². The topological polar surface area (TPSA) is 3.24 Å². The van der Waals surface area contributed by atoms with Crippen LogP contribution >= 0.6 is 0 Å².